The van der Waals surface area contributed by atoms with Gasteiger partial charge in [0.1, 0.15) is 0 Å². The SMILES string of the molecule is CC(C)CN1CCN(C(C)C)CC1.CC(C)N1CCN(C(C)C)CC1.CCC.CCC.CCC.CCC. The van der Waals surface area contributed by atoms with Crippen LogP contribution in [0.15, 0.2) is 0 Å². The fraction of sp³-hybridized carbons (Fsp3) is 1.00. The zero-order valence-corrected chi connectivity index (χ0v) is 29.3. The second kappa shape index (κ2) is 32.1. The Kier molecular flexibility index (Phi) is 38.0. The molecule has 0 saturated carbocycles. The fourth-order valence-electron chi connectivity index (χ4n) is 3.75. The van der Waals surface area contributed by atoms with E-state index in [9.17, 15) is 0 Å². The third-order valence-electron chi connectivity index (χ3n) is 5.57. The molecular weight excluding hydrogens is 452 g/mol. The molecule has 2 rings (SSSR count). The third-order valence-corrected chi connectivity index (χ3v) is 5.57. The predicted molar refractivity (Wildman–Crippen MR) is 175 cm³/mol. The van der Waals surface area contributed by atoms with E-state index in [1.807, 2.05) is 0 Å². The zero-order valence-electron chi connectivity index (χ0n) is 29.3. The summed E-state index contributed by atoms with van der Waals surface area (Å²) in [6, 6.07) is 2.17. The molecule has 0 atom stereocenters. The van der Waals surface area contributed by atoms with Gasteiger partial charge < -0.3 is 4.90 Å². The van der Waals surface area contributed by atoms with E-state index in [0.717, 1.165) is 24.0 Å². The molecule has 2 heterocycles. The quantitative estimate of drug-likeness (QED) is 0.352. The molecule has 2 aliphatic heterocycles. The lowest BCUT2D eigenvalue weighted by molar-refractivity contribution is 0.0887. The molecule has 37 heavy (non-hydrogen) atoms. The summed E-state index contributed by atoms with van der Waals surface area (Å²) >= 11 is 0. The van der Waals surface area contributed by atoms with Crippen molar-refractivity contribution in [2.45, 2.75) is 155 Å². The maximum Gasteiger partial charge on any atom is 0.0113 e. The van der Waals surface area contributed by atoms with Gasteiger partial charge in [-0.05, 0) is 47.5 Å². The minimum Gasteiger partial charge on any atom is -0.301 e. The Morgan fingerprint density at radius 1 is 0.378 bits per heavy atom. The molecule has 0 N–H and O–H groups in total. The van der Waals surface area contributed by atoms with Crippen molar-refractivity contribution in [1.82, 2.24) is 19.6 Å². The van der Waals surface area contributed by atoms with Gasteiger partial charge in [0.2, 0.25) is 0 Å². The molecular formula is C33H78N4. The van der Waals surface area contributed by atoms with Gasteiger partial charge in [0.15, 0.2) is 0 Å². The Hall–Kier alpha value is -0.160. The number of hydrogen-bond donors (Lipinski definition) is 0. The zero-order chi connectivity index (χ0) is 29.8. The van der Waals surface area contributed by atoms with E-state index < -0.39 is 0 Å². The Morgan fingerprint density at radius 3 is 0.730 bits per heavy atom. The summed E-state index contributed by atoms with van der Waals surface area (Å²) in [6.45, 7) is 46.6. The van der Waals surface area contributed by atoms with E-state index in [1.165, 1.54) is 84.6 Å². The number of piperazine rings is 2. The number of hydrogen-bond acceptors (Lipinski definition) is 4. The van der Waals surface area contributed by atoms with Crippen molar-refractivity contribution in [2.75, 3.05) is 58.9 Å². The number of nitrogens with zero attached hydrogens (tertiary/aromatic N) is 4. The molecule has 0 unspecified atom stereocenters. The van der Waals surface area contributed by atoms with E-state index in [1.54, 1.807) is 0 Å². The van der Waals surface area contributed by atoms with Crippen molar-refractivity contribution in [3.05, 3.63) is 0 Å². The van der Waals surface area contributed by atoms with Crippen molar-refractivity contribution in [3.8, 4) is 0 Å². The molecule has 2 saturated heterocycles. The van der Waals surface area contributed by atoms with Gasteiger partial charge in [-0.2, -0.15) is 0 Å². The van der Waals surface area contributed by atoms with Crippen LogP contribution in [0.5, 0.6) is 0 Å². The molecule has 0 bridgehead atoms. The highest BCUT2D eigenvalue weighted by Crippen LogP contribution is 2.08. The second-order valence-electron chi connectivity index (χ2n) is 11.9. The molecule has 0 spiro atoms. The standard InChI is InChI=1S/C11H24N2.C10H22N2.4C3H8/c1-10(2)9-12-5-7-13(8-6-12)11(3)4;1-9(2)11-5-7-12(8-6-11)10(3)4;4*1-3-2/h10-11H,5-9H2,1-4H3;9-10H,5-8H2,1-4H3;4*3H2,1-2H3. The van der Waals surface area contributed by atoms with E-state index >= 15 is 0 Å². The number of rotatable bonds is 5. The van der Waals surface area contributed by atoms with E-state index in [-0.39, 0.29) is 0 Å². The Bertz CT molecular complexity index is 356. The van der Waals surface area contributed by atoms with Crippen LogP contribution in [0, 0.1) is 5.92 Å². The Morgan fingerprint density at radius 2 is 0.568 bits per heavy atom. The van der Waals surface area contributed by atoms with Gasteiger partial charge in [0.25, 0.3) is 0 Å². The van der Waals surface area contributed by atoms with Crippen LogP contribution in [-0.4, -0.2) is 96.6 Å². The summed E-state index contributed by atoms with van der Waals surface area (Å²) in [5.41, 5.74) is 0. The van der Waals surface area contributed by atoms with Crippen LogP contribution in [0.4, 0.5) is 0 Å². The van der Waals surface area contributed by atoms with Crippen LogP contribution in [-0.2, 0) is 0 Å². The highest BCUT2D eigenvalue weighted by molar-refractivity contribution is 4.76. The maximum atomic E-state index is 2.59. The molecule has 0 radical (unpaired) electrons. The molecule has 0 amide bonds. The van der Waals surface area contributed by atoms with Gasteiger partial charge in [-0.1, -0.05) is 94.9 Å². The highest BCUT2D eigenvalue weighted by Gasteiger charge is 2.20. The molecule has 4 heteroatoms. The summed E-state index contributed by atoms with van der Waals surface area (Å²) in [7, 11) is 0. The predicted octanol–water partition coefficient (Wildman–Crippen LogP) is 8.75. The average molecular weight is 531 g/mol. The highest BCUT2D eigenvalue weighted by atomic mass is 15.3. The molecule has 2 fully saturated rings. The molecule has 0 aromatic heterocycles. The van der Waals surface area contributed by atoms with Gasteiger partial charge in [-0.25, -0.2) is 0 Å². The van der Waals surface area contributed by atoms with Crippen molar-refractivity contribution < 1.29 is 0 Å². The van der Waals surface area contributed by atoms with Gasteiger partial charge >= 0.3 is 0 Å². The van der Waals surface area contributed by atoms with Crippen LogP contribution >= 0.6 is 0 Å². The molecule has 4 nitrogen and oxygen atoms in total. The van der Waals surface area contributed by atoms with Gasteiger partial charge in [-0.15, -0.1) is 0 Å². The first-order valence-corrected chi connectivity index (χ1v) is 16.3. The van der Waals surface area contributed by atoms with Gasteiger partial charge in [-0.3, -0.25) is 14.7 Å². The monoisotopic (exact) mass is 531 g/mol. The maximum absolute atomic E-state index is 2.59. The normalized spacial score (nSPS) is 16.9. The average Bonchev–Trinajstić information content (AvgIpc) is 2.81. The summed E-state index contributed by atoms with van der Waals surface area (Å²) in [4.78, 5) is 10.3. The van der Waals surface area contributed by atoms with Crippen LogP contribution in [0.25, 0.3) is 0 Å². The molecule has 2 aliphatic rings. The van der Waals surface area contributed by atoms with E-state index in [0.29, 0.717) is 0 Å². The van der Waals surface area contributed by atoms with Crippen LogP contribution in [0.1, 0.15) is 136 Å². The molecule has 0 aliphatic carbocycles. The Balaban J connectivity index is -0.000000207. The van der Waals surface area contributed by atoms with Crippen molar-refractivity contribution in [2.24, 2.45) is 5.92 Å². The fourth-order valence-corrected chi connectivity index (χ4v) is 3.75. The molecule has 230 valence electrons. The topological polar surface area (TPSA) is 13.0 Å². The van der Waals surface area contributed by atoms with E-state index in [4.69, 9.17) is 0 Å². The van der Waals surface area contributed by atoms with Gasteiger partial charge in [0, 0.05) is 77.0 Å². The van der Waals surface area contributed by atoms with Crippen molar-refractivity contribution in [1.29, 1.82) is 0 Å². The molecule has 0 aromatic carbocycles. The lowest BCUT2D eigenvalue weighted by Crippen LogP contribution is -2.50. The van der Waals surface area contributed by atoms with Crippen molar-refractivity contribution >= 4 is 0 Å². The first kappa shape index (κ1) is 43.9. The Labute approximate surface area is 238 Å². The van der Waals surface area contributed by atoms with Crippen LogP contribution < -0.4 is 0 Å². The van der Waals surface area contributed by atoms with Crippen molar-refractivity contribution in [3.63, 3.8) is 0 Å². The smallest absolute Gasteiger partial charge is 0.0113 e. The minimum absolute atomic E-state index is 0.722. The third kappa shape index (κ3) is 32.0. The lowest BCUT2D eigenvalue weighted by atomic mass is 10.2. The summed E-state index contributed by atoms with van der Waals surface area (Å²) in [5.74, 6) is 0.811. The summed E-state index contributed by atoms with van der Waals surface area (Å²) in [5, 5.41) is 0. The van der Waals surface area contributed by atoms with Crippen LogP contribution in [0.2, 0.25) is 0 Å². The van der Waals surface area contributed by atoms with Crippen LogP contribution in [0.3, 0.4) is 0 Å². The lowest BCUT2D eigenvalue weighted by Gasteiger charge is -2.38. The van der Waals surface area contributed by atoms with Gasteiger partial charge in [0.05, 0.1) is 0 Å². The van der Waals surface area contributed by atoms with E-state index in [2.05, 4.69) is 130 Å². The first-order chi connectivity index (χ1) is 17.4. The largest absolute Gasteiger partial charge is 0.301 e. The first-order valence-electron chi connectivity index (χ1n) is 16.3. The second-order valence-corrected chi connectivity index (χ2v) is 11.9. The molecule has 0 aromatic rings. The summed E-state index contributed by atoms with van der Waals surface area (Å²) < 4.78 is 0. The minimum atomic E-state index is 0.722. The summed E-state index contributed by atoms with van der Waals surface area (Å²) in [6.07, 6.45) is 5.00.